The van der Waals surface area contributed by atoms with Gasteiger partial charge in [-0.25, -0.2) is 0 Å². The van der Waals surface area contributed by atoms with Gasteiger partial charge in [-0.1, -0.05) is 19.9 Å². The Hall–Kier alpha value is -1.36. The van der Waals surface area contributed by atoms with Crippen molar-refractivity contribution >= 4 is 16.8 Å². The van der Waals surface area contributed by atoms with Crippen molar-refractivity contribution in [2.75, 3.05) is 7.11 Å². The normalized spacial score (nSPS) is 14.4. The van der Waals surface area contributed by atoms with E-state index in [1.54, 1.807) is 38.1 Å². The predicted octanol–water partition coefficient (Wildman–Crippen LogP) is 1.91. The van der Waals surface area contributed by atoms with Crippen molar-refractivity contribution in [1.29, 1.82) is 0 Å². The predicted molar refractivity (Wildman–Crippen MR) is 65.7 cm³/mol. The van der Waals surface area contributed by atoms with Crippen LogP contribution in [-0.4, -0.2) is 27.6 Å². The molecule has 1 aromatic rings. The molecule has 1 N–H and O–H groups in total. The van der Waals surface area contributed by atoms with Gasteiger partial charge in [-0.05, 0) is 24.1 Å². The smallest absolute Gasteiger partial charge is 0.319 e. The number of carbonyl (C=O) groups is 1. The van der Waals surface area contributed by atoms with Gasteiger partial charge < -0.3 is 9.84 Å². The van der Waals surface area contributed by atoms with Crippen LogP contribution in [0.4, 0.5) is 0 Å². The maximum Gasteiger partial charge on any atom is 0.319 e. The molecule has 0 heterocycles. The third-order valence-corrected chi connectivity index (χ3v) is 4.28. The summed E-state index contributed by atoms with van der Waals surface area (Å²) >= 11 is 0. The van der Waals surface area contributed by atoms with Crippen molar-refractivity contribution < 1.29 is 18.8 Å². The van der Waals surface area contributed by atoms with Gasteiger partial charge in [0.15, 0.2) is 0 Å². The molecule has 0 saturated carbocycles. The van der Waals surface area contributed by atoms with E-state index in [-0.39, 0.29) is 5.92 Å². The Bertz CT molecular complexity index is 428. The van der Waals surface area contributed by atoms with Gasteiger partial charge in [0.25, 0.3) is 0 Å². The summed E-state index contributed by atoms with van der Waals surface area (Å²) in [7, 11) is -0.0598. The summed E-state index contributed by atoms with van der Waals surface area (Å²) in [6.45, 7) is 3.49. The van der Waals surface area contributed by atoms with Gasteiger partial charge in [0, 0.05) is 4.90 Å². The molecule has 94 valence electrons. The number of hydrogen-bond donors (Lipinski definition) is 1. The zero-order chi connectivity index (χ0) is 13.0. The van der Waals surface area contributed by atoms with E-state index in [0.717, 1.165) is 0 Å². The van der Waals surface area contributed by atoms with Gasteiger partial charge in [0.1, 0.15) is 11.0 Å². The fourth-order valence-electron chi connectivity index (χ4n) is 1.50. The highest BCUT2D eigenvalue weighted by Gasteiger charge is 2.29. The molecule has 0 amide bonds. The Kier molecular flexibility index (Phi) is 4.69. The maximum atomic E-state index is 12.2. The van der Waals surface area contributed by atoms with Crippen molar-refractivity contribution in [3.8, 4) is 5.75 Å². The summed E-state index contributed by atoms with van der Waals surface area (Å²) in [5, 5.41) is 8.18. The number of carboxylic acids is 1. The molecule has 0 fully saturated rings. The molecule has 0 aliphatic carbocycles. The maximum absolute atomic E-state index is 12.2. The Morgan fingerprint density at radius 2 is 2.06 bits per heavy atom. The van der Waals surface area contributed by atoms with Gasteiger partial charge in [0.2, 0.25) is 0 Å². The average molecular weight is 256 g/mol. The standard InChI is InChI=1S/C12H16O4S/c1-8(2)11(12(13)14)17(15)10-6-4-5-9(7-10)16-3/h4-8,11H,1-3H3,(H,13,14). The van der Waals surface area contributed by atoms with Gasteiger partial charge in [0.05, 0.1) is 17.9 Å². The monoisotopic (exact) mass is 256 g/mol. The molecule has 2 unspecified atom stereocenters. The minimum absolute atomic E-state index is 0.195. The van der Waals surface area contributed by atoms with E-state index >= 15 is 0 Å². The minimum atomic E-state index is -1.57. The fourth-order valence-corrected chi connectivity index (χ4v) is 2.91. The van der Waals surface area contributed by atoms with Crippen LogP contribution >= 0.6 is 0 Å². The molecule has 5 heteroatoms. The molecule has 0 aliphatic heterocycles. The van der Waals surface area contributed by atoms with Crippen LogP contribution in [0.3, 0.4) is 0 Å². The van der Waals surface area contributed by atoms with Crippen LogP contribution in [0.15, 0.2) is 29.2 Å². The largest absolute Gasteiger partial charge is 0.497 e. The first-order valence-electron chi connectivity index (χ1n) is 5.24. The zero-order valence-corrected chi connectivity index (χ0v) is 10.9. The molecule has 0 aliphatic rings. The van der Waals surface area contributed by atoms with Crippen LogP contribution in [-0.2, 0) is 15.6 Å². The quantitative estimate of drug-likeness (QED) is 0.874. The lowest BCUT2D eigenvalue weighted by Gasteiger charge is -2.16. The van der Waals surface area contributed by atoms with Crippen molar-refractivity contribution in [2.24, 2.45) is 5.92 Å². The SMILES string of the molecule is COc1cccc(S(=O)C(C(=O)O)C(C)C)c1. The van der Waals surface area contributed by atoms with Gasteiger partial charge >= 0.3 is 5.97 Å². The van der Waals surface area contributed by atoms with Crippen LogP contribution in [0.2, 0.25) is 0 Å². The van der Waals surface area contributed by atoms with E-state index in [4.69, 9.17) is 9.84 Å². The molecule has 0 radical (unpaired) electrons. The second-order valence-corrected chi connectivity index (χ2v) is 5.55. The summed E-state index contributed by atoms with van der Waals surface area (Å²) in [6.07, 6.45) is 0. The minimum Gasteiger partial charge on any atom is -0.497 e. The molecule has 17 heavy (non-hydrogen) atoms. The summed E-state index contributed by atoms with van der Waals surface area (Å²) in [5.41, 5.74) is 0. The molecule has 0 aromatic heterocycles. The molecule has 0 spiro atoms. The lowest BCUT2D eigenvalue weighted by Crippen LogP contribution is -2.31. The first-order chi connectivity index (χ1) is 7.97. The van der Waals surface area contributed by atoms with Crippen LogP contribution in [0.25, 0.3) is 0 Å². The topological polar surface area (TPSA) is 63.6 Å². The molecule has 0 saturated heterocycles. The van der Waals surface area contributed by atoms with Crippen molar-refractivity contribution in [3.05, 3.63) is 24.3 Å². The molecule has 1 aromatic carbocycles. The van der Waals surface area contributed by atoms with E-state index in [9.17, 15) is 9.00 Å². The molecular weight excluding hydrogens is 240 g/mol. The lowest BCUT2D eigenvalue weighted by molar-refractivity contribution is -0.137. The lowest BCUT2D eigenvalue weighted by atomic mass is 10.1. The van der Waals surface area contributed by atoms with Crippen molar-refractivity contribution in [3.63, 3.8) is 0 Å². The van der Waals surface area contributed by atoms with E-state index < -0.39 is 22.0 Å². The third-order valence-electron chi connectivity index (χ3n) is 2.35. The van der Waals surface area contributed by atoms with Crippen LogP contribution in [0.1, 0.15) is 13.8 Å². The number of rotatable bonds is 5. The molecule has 4 nitrogen and oxygen atoms in total. The third kappa shape index (κ3) is 3.30. The summed E-state index contributed by atoms with van der Waals surface area (Å²) in [6, 6.07) is 6.68. The molecular formula is C12H16O4S. The Morgan fingerprint density at radius 3 is 2.53 bits per heavy atom. The van der Waals surface area contributed by atoms with E-state index in [2.05, 4.69) is 0 Å². The van der Waals surface area contributed by atoms with Gasteiger partial charge in [-0.3, -0.25) is 9.00 Å². The molecule has 2 atom stereocenters. The van der Waals surface area contributed by atoms with Crippen LogP contribution in [0, 0.1) is 5.92 Å². The zero-order valence-electron chi connectivity index (χ0n) is 10.0. The van der Waals surface area contributed by atoms with E-state index in [0.29, 0.717) is 10.6 Å². The van der Waals surface area contributed by atoms with Crippen LogP contribution < -0.4 is 4.74 Å². The Morgan fingerprint density at radius 1 is 1.41 bits per heavy atom. The average Bonchev–Trinajstić information content (AvgIpc) is 2.28. The fraction of sp³-hybridized carbons (Fsp3) is 0.417. The molecule has 1 rings (SSSR count). The molecule has 0 bridgehead atoms. The van der Waals surface area contributed by atoms with E-state index in [1.807, 2.05) is 0 Å². The first-order valence-corrected chi connectivity index (χ1v) is 6.46. The Labute approximate surface area is 103 Å². The highest BCUT2D eigenvalue weighted by molar-refractivity contribution is 7.86. The van der Waals surface area contributed by atoms with E-state index in [1.165, 1.54) is 7.11 Å². The first kappa shape index (κ1) is 13.7. The second-order valence-electron chi connectivity index (χ2n) is 3.98. The van der Waals surface area contributed by atoms with Crippen molar-refractivity contribution in [1.82, 2.24) is 0 Å². The number of aliphatic carboxylic acids is 1. The van der Waals surface area contributed by atoms with Crippen LogP contribution in [0.5, 0.6) is 5.75 Å². The van der Waals surface area contributed by atoms with Gasteiger partial charge in [-0.2, -0.15) is 0 Å². The number of benzene rings is 1. The summed E-state index contributed by atoms with van der Waals surface area (Å²) in [4.78, 5) is 11.6. The number of hydrogen-bond acceptors (Lipinski definition) is 3. The number of carboxylic acid groups (broad SMARTS) is 1. The highest BCUT2D eigenvalue weighted by Crippen LogP contribution is 2.21. The number of methoxy groups -OCH3 is 1. The summed E-state index contributed by atoms with van der Waals surface area (Å²) in [5.74, 6) is -0.663. The van der Waals surface area contributed by atoms with Gasteiger partial charge in [-0.15, -0.1) is 0 Å². The summed E-state index contributed by atoms with van der Waals surface area (Å²) < 4.78 is 17.2. The second kappa shape index (κ2) is 5.82. The number of ether oxygens (including phenoxy) is 1. The highest BCUT2D eigenvalue weighted by atomic mass is 32.2. The van der Waals surface area contributed by atoms with Crippen molar-refractivity contribution in [2.45, 2.75) is 24.0 Å². The Balaban J connectivity index is 3.05.